The molecule has 0 aromatic carbocycles. The number of rotatable bonds is 3. The van der Waals surface area contributed by atoms with Crippen LogP contribution in [0.3, 0.4) is 0 Å². The van der Waals surface area contributed by atoms with Gasteiger partial charge in [0.05, 0.1) is 11.4 Å². The van der Waals surface area contributed by atoms with E-state index < -0.39 is 12.2 Å². The summed E-state index contributed by atoms with van der Waals surface area (Å²) in [5.74, 6) is 0.932. The number of halogens is 3. The predicted molar refractivity (Wildman–Crippen MR) is 103 cm³/mol. The van der Waals surface area contributed by atoms with Crippen molar-refractivity contribution in [3.8, 4) is 0 Å². The molecule has 0 spiro atoms. The van der Waals surface area contributed by atoms with Crippen LogP contribution < -0.4 is 5.32 Å². The number of fused-ring (bicyclic) bond motifs is 1. The van der Waals surface area contributed by atoms with E-state index in [0.717, 1.165) is 4.68 Å². The van der Waals surface area contributed by atoms with E-state index in [4.69, 9.17) is 4.52 Å². The van der Waals surface area contributed by atoms with Crippen LogP contribution in [0.2, 0.25) is 0 Å². The Morgan fingerprint density at radius 3 is 2.63 bits per heavy atom. The molecule has 2 aromatic heterocycles. The molecule has 2 aromatic rings. The third-order valence-corrected chi connectivity index (χ3v) is 6.21. The summed E-state index contributed by atoms with van der Waals surface area (Å²) in [5, 5.41) is 11.2. The maximum atomic E-state index is 13.6. The molecule has 1 amide bonds. The Morgan fingerprint density at radius 2 is 2.00 bits per heavy atom. The van der Waals surface area contributed by atoms with Gasteiger partial charge in [-0.3, -0.25) is 4.79 Å². The van der Waals surface area contributed by atoms with Crippen molar-refractivity contribution in [1.29, 1.82) is 0 Å². The number of aryl methyl sites for hydroxylation is 3. The normalized spacial score (nSPS) is 22.7. The van der Waals surface area contributed by atoms with Crippen molar-refractivity contribution in [2.75, 3.05) is 18.4 Å². The Balaban J connectivity index is 1.45. The van der Waals surface area contributed by atoms with Crippen LogP contribution >= 0.6 is 0 Å². The Morgan fingerprint density at radius 1 is 1.30 bits per heavy atom. The number of carbonyl (C=O) groups excluding carboxylic acids is 1. The molecule has 2 atom stereocenters. The van der Waals surface area contributed by atoms with Crippen LogP contribution in [0.4, 0.5) is 19.0 Å². The minimum atomic E-state index is -4.35. The predicted octanol–water partition coefficient (Wildman–Crippen LogP) is 3.89. The molecule has 0 radical (unpaired) electrons. The summed E-state index contributed by atoms with van der Waals surface area (Å²) < 4.78 is 47.2. The molecule has 0 bridgehead atoms. The highest BCUT2D eigenvalue weighted by atomic mass is 19.4. The molecule has 2 aliphatic heterocycles. The van der Waals surface area contributed by atoms with E-state index in [-0.39, 0.29) is 24.3 Å². The monoisotopic (exact) mass is 425 g/mol. The first kappa shape index (κ1) is 20.7. The third-order valence-electron chi connectivity index (χ3n) is 6.21. The average molecular weight is 425 g/mol. The number of aromatic nitrogens is 3. The zero-order chi connectivity index (χ0) is 21.6. The quantitative estimate of drug-likeness (QED) is 0.808. The van der Waals surface area contributed by atoms with Crippen molar-refractivity contribution in [1.82, 2.24) is 19.8 Å². The molecule has 4 heterocycles. The van der Waals surface area contributed by atoms with E-state index in [1.807, 2.05) is 6.92 Å². The van der Waals surface area contributed by atoms with Crippen LogP contribution in [0.15, 0.2) is 10.6 Å². The minimum absolute atomic E-state index is 0.0528. The molecule has 0 aliphatic carbocycles. The summed E-state index contributed by atoms with van der Waals surface area (Å²) in [4.78, 5) is 14.7. The van der Waals surface area contributed by atoms with Gasteiger partial charge in [0.1, 0.15) is 17.1 Å². The van der Waals surface area contributed by atoms with Gasteiger partial charge in [-0.05, 0) is 39.0 Å². The topological polar surface area (TPSA) is 76.2 Å². The number of carbonyl (C=O) groups is 1. The first-order chi connectivity index (χ1) is 14.2. The van der Waals surface area contributed by atoms with Crippen molar-refractivity contribution in [3.05, 3.63) is 28.8 Å². The Hall–Kier alpha value is -2.52. The minimum Gasteiger partial charge on any atom is -0.367 e. The molecule has 164 valence electrons. The SMILES string of the molecule is CCc1onc(C)c1C(=O)N1CCC([C@@H]2C[C@H](C(F)(F)F)n3nc(C)cc3N2)CC1. The van der Waals surface area contributed by atoms with E-state index in [0.29, 0.717) is 60.9 Å². The molecule has 1 saturated heterocycles. The van der Waals surface area contributed by atoms with Gasteiger partial charge in [-0.2, -0.15) is 18.3 Å². The van der Waals surface area contributed by atoms with E-state index in [1.54, 1.807) is 24.8 Å². The summed E-state index contributed by atoms with van der Waals surface area (Å²) in [7, 11) is 0. The van der Waals surface area contributed by atoms with Crippen molar-refractivity contribution in [3.63, 3.8) is 0 Å². The number of likely N-dealkylation sites (tertiary alicyclic amines) is 1. The zero-order valence-electron chi connectivity index (χ0n) is 17.3. The van der Waals surface area contributed by atoms with Crippen molar-refractivity contribution in [2.45, 2.75) is 64.7 Å². The number of piperidine rings is 1. The number of amides is 1. The zero-order valence-corrected chi connectivity index (χ0v) is 17.3. The van der Waals surface area contributed by atoms with Gasteiger partial charge >= 0.3 is 6.18 Å². The second kappa shape index (κ2) is 7.63. The van der Waals surface area contributed by atoms with Gasteiger partial charge in [0, 0.05) is 31.6 Å². The third kappa shape index (κ3) is 3.67. The van der Waals surface area contributed by atoms with Gasteiger partial charge in [-0.1, -0.05) is 12.1 Å². The van der Waals surface area contributed by atoms with E-state index in [9.17, 15) is 18.0 Å². The van der Waals surface area contributed by atoms with E-state index in [1.165, 1.54) is 0 Å². The van der Waals surface area contributed by atoms with Crippen LogP contribution in [0.25, 0.3) is 0 Å². The fourth-order valence-corrected chi connectivity index (χ4v) is 4.63. The second-order valence-electron chi connectivity index (χ2n) is 8.21. The largest absolute Gasteiger partial charge is 0.410 e. The maximum absolute atomic E-state index is 13.6. The van der Waals surface area contributed by atoms with E-state index in [2.05, 4.69) is 15.6 Å². The highest BCUT2D eigenvalue weighted by Crippen LogP contribution is 2.42. The summed E-state index contributed by atoms with van der Waals surface area (Å²) in [5.41, 5.74) is 1.65. The molecule has 10 heteroatoms. The highest BCUT2D eigenvalue weighted by Gasteiger charge is 2.47. The Bertz CT molecular complexity index is 928. The van der Waals surface area contributed by atoms with Gasteiger partial charge in [0.2, 0.25) is 0 Å². The fourth-order valence-electron chi connectivity index (χ4n) is 4.63. The van der Waals surface area contributed by atoms with Gasteiger partial charge < -0.3 is 14.7 Å². The Kier molecular flexibility index (Phi) is 5.27. The molecular formula is C20H26F3N5O2. The number of hydrogen-bond acceptors (Lipinski definition) is 5. The van der Waals surface area contributed by atoms with Gasteiger partial charge in [-0.15, -0.1) is 0 Å². The smallest absolute Gasteiger partial charge is 0.367 e. The molecule has 0 saturated carbocycles. The van der Waals surface area contributed by atoms with E-state index >= 15 is 0 Å². The second-order valence-corrected chi connectivity index (χ2v) is 8.21. The lowest BCUT2D eigenvalue weighted by Crippen LogP contribution is -2.47. The first-order valence-electron chi connectivity index (χ1n) is 10.3. The molecule has 2 aliphatic rings. The molecule has 4 rings (SSSR count). The number of alkyl halides is 3. The van der Waals surface area contributed by atoms with Crippen molar-refractivity contribution >= 4 is 11.7 Å². The first-order valence-corrected chi connectivity index (χ1v) is 10.3. The number of hydrogen-bond donors (Lipinski definition) is 1. The lowest BCUT2D eigenvalue weighted by Gasteiger charge is -2.41. The molecule has 7 nitrogen and oxygen atoms in total. The lowest BCUT2D eigenvalue weighted by molar-refractivity contribution is -0.174. The molecule has 30 heavy (non-hydrogen) atoms. The van der Waals surface area contributed by atoms with Crippen LogP contribution in [0.1, 0.15) is 59.7 Å². The highest BCUT2D eigenvalue weighted by molar-refractivity contribution is 5.96. The van der Waals surface area contributed by atoms with Crippen LogP contribution in [-0.2, 0) is 6.42 Å². The van der Waals surface area contributed by atoms with Gasteiger partial charge in [0.25, 0.3) is 5.91 Å². The summed E-state index contributed by atoms with van der Waals surface area (Å²) >= 11 is 0. The molecular weight excluding hydrogens is 399 g/mol. The van der Waals surface area contributed by atoms with Crippen LogP contribution in [-0.4, -0.2) is 51.1 Å². The average Bonchev–Trinajstić information content (AvgIpc) is 3.27. The number of nitrogens with one attached hydrogen (secondary N) is 1. The maximum Gasteiger partial charge on any atom is 0.410 e. The van der Waals surface area contributed by atoms with Crippen molar-refractivity contribution in [2.24, 2.45) is 5.92 Å². The van der Waals surface area contributed by atoms with Gasteiger partial charge in [-0.25, -0.2) is 4.68 Å². The molecule has 0 unspecified atom stereocenters. The summed E-state index contributed by atoms with van der Waals surface area (Å²) in [6.07, 6.45) is -2.54. The fraction of sp³-hybridized carbons (Fsp3) is 0.650. The summed E-state index contributed by atoms with van der Waals surface area (Å²) in [6, 6.07) is -0.273. The molecule has 1 fully saturated rings. The van der Waals surface area contributed by atoms with Crippen LogP contribution in [0, 0.1) is 19.8 Å². The number of anilines is 1. The lowest BCUT2D eigenvalue weighted by atomic mass is 9.84. The van der Waals surface area contributed by atoms with Crippen molar-refractivity contribution < 1.29 is 22.5 Å². The Labute approximate surface area is 172 Å². The van der Waals surface area contributed by atoms with Gasteiger partial charge in [0.15, 0.2) is 6.04 Å². The standard InChI is InChI=1S/C20H26F3N5O2/c1-4-15-18(12(3)26-30-15)19(29)27-7-5-13(6-8-27)14-10-16(20(21,22)23)28-17(24-14)9-11(2)25-28/h9,13-14,16,24H,4-8,10H2,1-3H3/t14-,16+/m0/s1. The van der Waals surface area contributed by atoms with Crippen LogP contribution in [0.5, 0.6) is 0 Å². The number of nitrogens with zero attached hydrogens (tertiary/aromatic N) is 4. The summed E-state index contributed by atoms with van der Waals surface area (Å²) in [6.45, 7) is 6.35. The molecule has 1 N–H and O–H groups in total.